The minimum Gasteiger partial charge on any atom is -0.352 e. The van der Waals surface area contributed by atoms with Crippen LogP contribution in [0.2, 0.25) is 0 Å². The van der Waals surface area contributed by atoms with Crippen molar-refractivity contribution >= 4 is 43.6 Å². The number of hydrogen-bond donors (Lipinski definition) is 1. The van der Waals surface area contributed by atoms with E-state index in [-0.39, 0.29) is 18.5 Å². The molecule has 218 valence electrons. The van der Waals surface area contributed by atoms with Crippen molar-refractivity contribution < 1.29 is 18.0 Å². The zero-order valence-corrected chi connectivity index (χ0v) is 25.9. The fraction of sp³-hybridized carbons (Fsp3) is 0.355. The van der Waals surface area contributed by atoms with E-state index >= 15 is 0 Å². The molecule has 1 aliphatic carbocycles. The van der Waals surface area contributed by atoms with Crippen LogP contribution in [0, 0.1) is 0 Å². The fourth-order valence-corrected chi connectivity index (χ4v) is 6.57. The topological polar surface area (TPSA) is 90.0 Å². The normalized spacial score (nSPS) is 14.5. The van der Waals surface area contributed by atoms with E-state index in [0.717, 1.165) is 49.9 Å². The zero-order chi connectivity index (χ0) is 29.4. The Morgan fingerprint density at radius 2 is 1.51 bits per heavy atom. The molecule has 1 unspecified atom stereocenters. The quantitative estimate of drug-likeness (QED) is 0.309. The number of para-hydroxylation sites is 1. The smallest absolute Gasteiger partial charge is 0.304 e. The van der Waals surface area contributed by atoms with Crippen molar-refractivity contribution in [2.24, 2.45) is 0 Å². The van der Waals surface area contributed by atoms with E-state index < -0.39 is 28.7 Å². The monoisotopic (exact) mass is 640 g/mol. The maximum absolute atomic E-state index is 14.3. The van der Waals surface area contributed by atoms with Crippen LogP contribution in [0.5, 0.6) is 0 Å². The van der Waals surface area contributed by atoms with Gasteiger partial charge in [-0.2, -0.15) is 12.7 Å². The van der Waals surface area contributed by atoms with Crippen LogP contribution in [-0.4, -0.2) is 62.2 Å². The third-order valence-electron chi connectivity index (χ3n) is 7.28. The number of nitrogens with zero attached hydrogens (tertiary/aromatic N) is 3. The van der Waals surface area contributed by atoms with Gasteiger partial charge in [-0.05, 0) is 48.2 Å². The molecule has 4 rings (SSSR count). The number of carbonyl (C=O) groups excluding carboxylic acids is 2. The van der Waals surface area contributed by atoms with Gasteiger partial charge in [0.25, 0.3) is 0 Å². The molecule has 2 amide bonds. The third kappa shape index (κ3) is 8.18. The van der Waals surface area contributed by atoms with Crippen molar-refractivity contribution in [1.29, 1.82) is 0 Å². The van der Waals surface area contributed by atoms with Crippen molar-refractivity contribution in [3.05, 3.63) is 101 Å². The second-order valence-corrected chi connectivity index (χ2v) is 13.5. The van der Waals surface area contributed by atoms with Gasteiger partial charge in [-0.3, -0.25) is 9.59 Å². The molecule has 41 heavy (non-hydrogen) atoms. The Labute approximate surface area is 251 Å². The molecular formula is C31H37BrN4O4S. The van der Waals surface area contributed by atoms with Gasteiger partial charge in [-0.15, -0.1) is 0 Å². The molecular weight excluding hydrogens is 604 g/mol. The molecule has 1 aliphatic rings. The lowest BCUT2D eigenvalue weighted by molar-refractivity contribution is -0.140. The molecule has 1 N–H and O–H groups in total. The second kappa shape index (κ2) is 14.1. The highest BCUT2D eigenvalue weighted by molar-refractivity contribution is 9.10. The lowest BCUT2D eigenvalue weighted by Gasteiger charge is -2.35. The van der Waals surface area contributed by atoms with Crippen LogP contribution < -0.4 is 9.62 Å². The predicted molar refractivity (Wildman–Crippen MR) is 165 cm³/mol. The molecule has 0 aliphatic heterocycles. The molecule has 1 fully saturated rings. The van der Waals surface area contributed by atoms with E-state index in [4.69, 9.17) is 0 Å². The summed E-state index contributed by atoms with van der Waals surface area (Å²) in [4.78, 5) is 29.7. The molecule has 0 spiro atoms. The maximum Gasteiger partial charge on any atom is 0.304 e. The summed E-state index contributed by atoms with van der Waals surface area (Å²) in [6.07, 6.45) is 4.23. The first-order valence-corrected chi connectivity index (χ1v) is 16.0. The van der Waals surface area contributed by atoms with Crippen LogP contribution in [0.1, 0.15) is 36.8 Å². The fourth-order valence-electron chi connectivity index (χ4n) is 5.06. The lowest BCUT2D eigenvalue weighted by Crippen LogP contribution is -2.55. The third-order valence-corrected chi connectivity index (χ3v) is 9.59. The average Bonchev–Trinajstić information content (AvgIpc) is 3.47. The Balaban J connectivity index is 1.74. The van der Waals surface area contributed by atoms with Gasteiger partial charge < -0.3 is 10.2 Å². The van der Waals surface area contributed by atoms with Gasteiger partial charge in [0.1, 0.15) is 12.6 Å². The Hall–Kier alpha value is -3.21. The van der Waals surface area contributed by atoms with Gasteiger partial charge in [0.05, 0.1) is 5.69 Å². The summed E-state index contributed by atoms with van der Waals surface area (Å²) in [7, 11) is -1.15. The minimum absolute atomic E-state index is 0.0681. The number of amides is 2. The molecule has 0 radical (unpaired) electrons. The van der Waals surface area contributed by atoms with Crippen LogP contribution in [-0.2, 0) is 32.8 Å². The molecule has 0 heterocycles. The van der Waals surface area contributed by atoms with E-state index in [1.165, 1.54) is 19.0 Å². The largest absolute Gasteiger partial charge is 0.352 e. The standard InChI is InChI=1S/C31H37BrN4O4S/c1-34(2)41(39,40)36(28-18-7-4-8-19-28)23-30(37)35(22-25-14-11-15-26(32)20-25)29(21-24-12-5-3-6-13-24)31(38)33-27-16-9-10-17-27/h3-8,11-15,18-20,27,29H,9-10,16-17,21-23H2,1-2H3,(H,33,38). The zero-order valence-electron chi connectivity index (χ0n) is 23.4. The molecule has 0 aromatic heterocycles. The number of halogens is 1. The maximum atomic E-state index is 14.3. The summed E-state index contributed by atoms with van der Waals surface area (Å²) in [6.45, 7) is -0.320. The first kappa shape index (κ1) is 30.7. The van der Waals surface area contributed by atoms with Crippen LogP contribution in [0.25, 0.3) is 0 Å². The van der Waals surface area contributed by atoms with E-state index in [2.05, 4.69) is 21.2 Å². The Kier molecular flexibility index (Phi) is 10.6. The Bertz CT molecular complexity index is 1410. The number of hydrogen-bond acceptors (Lipinski definition) is 4. The van der Waals surface area contributed by atoms with Gasteiger partial charge in [-0.25, -0.2) is 4.31 Å². The molecule has 8 nitrogen and oxygen atoms in total. The first-order valence-electron chi connectivity index (χ1n) is 13.8. The number of anilines is 1. The first-order chi connectivity index (χ1) is 19.6. The van der Waals surface area contributed by atoms with Gasteiger partial charge in [0.15, 0.2) is 0 Å². The highest BCUT2D eigenvalue weighted by Crippen LogP contribution is 2.23. The van der Waals surface area contributed by atoms with Crippen molar-refractivity contribution in [3.8, 4) is 0 Å². The number of rotatable bonds is 12. The Morgan fingerprint density at radius 3 is 2.12 bits per heavy atom. The summed E-state index contributed by atoms with van der Waals surface area (Å²) >= 11 is 3.50. The summed E-state index contributed by atoms with van der Waals surface area (Å²) < 4.78 is 29.8. The number of carbonyl (C=O) groups is 2. The molecule has 3 aromatic rings. The van der Waals surface area contributed by atoms with Crippen molar-refractivity contribution in [2.75, 3.05) is 24.9 Å². The average molecular weight is 642 g/mol. The van der Waals surface area contributed by atoms with Gasteiger partial charge in [0, 0.05) is 37.6 Å². The highest BCUT2D eigenvalue weighted by Gasteiger charge is 2.35. The molecule has 3 aromatic carbocycles. The van der Waals surface area contributed by atoms with Crippen LogP contribution in [0.3, 0.4) is 0 Å². The summed E-state index contributed by atoms with van der Waals surface area (Å²) in [5.41, 5.74) is 2.10. The second-order valence-electron chi connectivity index (χ2n) is 10.5. The van der Waals surface area contributed by atoms with Gasteiger partial charge >= 0.3 is 10.2 Å². The molecule has 0 bridgehead atoms. The van der Waals surface area contributed by atoms with Crippen molar-refractivity contribution in [2.45, 2.75) is 50.7 Å². The SMILES string of the molecule is CN(C)S(=O)(=O)N(CC(=O)N(Cc1cccc(Br)c1)C(Cc1ccccc1)C(=O)NC1CCCC1)c1ccccc1. The van der Waals surface area contributed by atoms with Crippen LogP contribution in [0.15, 0.2) is 89.4 Å². The molecule has 0 saturated heterocycles. The van der Waals surface area contributed by atoms with E-state index in [1.54, 1.807) is 30.3 Å². The minimum atomic E-state index is -4.01. The highest BCUT2D eigenvalue weighted by atomic mass is 79.9. The Morgan fingerprint density at radius 1 is 0.902 bits per heavy atom. The lowest BCUT2D eigenvalue weighted by atomic mass is 10.0. The number of nitrogens with one attached hydrogen (secondary N) is 1. The predicted octanol–water partition coefficient (Wildman–Crippen LogP) is 4.76. The number of benzene rings is 3. The van der Waals surface area contributed by atoms with Gasteiger partial charge in [-0.1, -0.05) is 89.4 Å². The van der Waals surface area contributed by atoms with Crippen molar-refractivity contribution in [1.82, 2.24) is 14.5 Å². The van der Waals surface area contributed by atoms with E-state index in [0.29, 0.717) is 12.1 Å². The molecule has 1 atom stereocenters. The molecule has 1 saturated carbocycles. The summed E-state index contributed by atoms with van der Waals surface area (Å²) in [6, 6.07) is 24.9. The summed E-state index contributed by atoms with van der Waals surface area (Å²) in [5.74, 6) is -0.701. The van der Waals surface area contributed by atoms with E-state index in [1.807, 2.05) is 54.6 Å². The van der Waals surface area contributed by atoms with Crippen molar-refractivity contribution in [3.63, 3.8) is 0 Å². The van der Waals surface area contributed by atoms with Crippen LogP contribution in [0.4, 0.5) is 5.69 Å². The molecule has 10 heteroatoms. The summed E-state index contributed by atoms with van der Waals surface area (Å²) in [5, 5.41) is 3.18. The van der Waals surface area contributed by atoms with Crippen LogP contribution >= 0.6 is 15.9 Å². The van der Waals surface area contributed by atoms with E-state index in [9.17, 15) is 18.0 Å². The van der Waals surface area contributed by atoms with Gasteiger partial charge in [0.2, 0.25) is 11.8 Å².